The summed E-state index contributed by atoms with van der Waals surface area (Å²) in [5.74, 6) is -2.12. The number of hydrogen-bond acceptors (Lipinski definition) is 2. The zero-order valence-electron chi connectivity index (χ0n) is 10.3. The van der Waals surface area contributed by atoms with Crippen LogP contribution in [0.5, 0.6) is 0 Å². The number of benzene rings is 1. The molecule has 0 fully saturated rings. The Balaban J connectivity index is 2.65. The Bertz CT molecular complexity index is 465. The maximum atomic E-state index is 13.0. The van der Waals surface area contributed by atoms with Gasteiger partial charge in [0.25, 0.3) is 5.91 Å². The van der Waals surface area contributed by atoms with Crippen molar-refractivity contribution in [2.24, 2.45) is 0 Å². The second-order valence-electron chi connectivity index (χ2n) is 3.75. The number of amides is 1. The van der Waals surface area contributed by atoms with Crippen LogP contribution in [-0.2, 0) is 10.9 Å². The second kappa shape index (κ2) is 7.58. The van der Waals surface area contributed by atoms with Crippen LogP contribution in [-0.4, -0.2) is 31.0 Å². The zero-order chi connectivity index (χ0) is 15.2. The summed E-state index contributed by atoms with van der Waals surface area (Å²) in [4.78, 5) is 11.6. The number of carbonyl (C=O) groups excluding carboxylic acids is 1. The zero-order valence-corrected chi connectivity index (χ0v) is 11.9. The van der Waals surface area contributed by atoms with E-state index in [0.29, 0.717) is 24.1 Å². The Morgan fingerprint density at radius 1 is 1.30 bits per heavy atom. The molecule has 0 aliphatic rings. The first-order valence-corrected chi connectivity index (χ1v) is 6.77. The molecule has 0 aromatic heterocycles. The summed E-state index contributed by atoms with van der Waals surface area (Å²) < 4.78 is 55.6. The predicted molar refractivity (Wildman–Crippen MR) is 68.3 cm³/mol. The van der Waals surface area contributed by atoms with Gasteiger partial charge < -0.3 is 10.1 Å². The minimum atomic E-state index is -4.83. The van der Waals surface area contributed by atoms with Crippen molar-refractivity contribution in [3.05, 3.63) is 35.1 Å². The van der Waals surface area contributed by atoms with E-state index in [9.17, 15) is 22.4 Å². The summed E-state index contributed by atoms with van der Waals surface area (Å²) in [6.07, 6.45) is -4.83. The maximum Gasteiger partial charge on any atom is 0.419 e. The maximum absolute atomic E-state index is 13.0. The van der Waals surface area contributed by atoms with Gasteiger partial charge in [0.15, 0.2) is 0 Å². The van der Waals surface area contributed by atoms with Crippen molar-refractivity contribution in [1.29, 1.82) is 0 Å². The molecule has 1 aromatic carbocycles. The molecule has 1 N–H and O–H groups in total. The van der Waals surface area contributed by atoms with Crippen molar-refractivity contribution in [2.75, 3.05) is 25.1 Å². The molecular formula is C12H12BrF4NO2. The molecule has 0 bridgehead atoms. The Morgan fingerprint density at radius 2 is 2.00 bits per heavy atom. The summed E-state index contributed by atoms with van der Waals surface area (Å²) in [7, 11) is 0. The van der Waals surface area contributed by atoms with E-state index < -0.39 is 23.5 Å². The van der Waals surface area contributed by atoms with Crippen molar-refractivity contribution in [1.82, 2.24) is 5.32 Å². The SMILES string of the molecule is O=C(NCCOCCBr)c1ccc(F)c(C(F)(F)F)c1. The lowest BCUT2D eigenvalue weighted by atomic mass is 10.1. The predicted octanol–water partition coefficient (Wildman–Crippen LogP) is 2.99. The molecule has 112 valence electrons. The number of halogens is 5. The third kappa shape index (κ3) is 5.09. The van der Waals surface area contributed by atoms with Crippen molar-refractivity contribution < 1.29 is 27.1 Å². The van der Waals surface area contributed by atoms with Crippen molar-refractivity contribution >= 4 is 21.8 Å². The lowest BCUT2D eigenvalue weighted by Crippen LogP contribution is -2.27. The highest BCUT2D eigenvalue weighted by Gasteiger charge is 2.34. The first-order valence-electron chi connectivity index (χ1n) is 5.65. The molecule has 0 atom stereocenters. The highest BCUT2D eigenvalue weighted by Crippen LogP contribution is 2.31. The molecule has 0 radical (unpaired) electrons. The van der Waals surface area contributed by atoms with Gasteiger partial charge in [0, 0.05) is 17.4 Å². The van der Waals surface area contributed by atoms with E-state index in [1.165, 1.54) is 0 Å². The van der Waals surface area contributed by atoms with E-state index in [1.54, 1.807) is 0 Å². The molecule has 0 heterocycles. The summed E-state index contributed by atoms with van der Waals surface area (Å²) in [5, 5.41) is 3.03. The van der Waals surface area contributed by atoms with Gasteiger partial charge in [0.05, 0.1) is 18.8 Å². The van der Waals surface area contributed by atoms with Crippen LogP contribution < -0.4 is 5.32 Å². The fraction of sp³-hybridized carbons (Fsp3) is 0.417. The molecule has 20 heavy (non-hydrogen) atoms. The fourth-order valence-corrected chi connectivity index (χ4v) is 1.61. The first-order chi connectivity index (χ1) is 9.36. The van der Waals surface area contributed by atoms with Gasteiger partial charge >= 0.3 is 6.18 Å². The summed E-state index contributed by atoms with van der Waals surface area (Å²) >= 11 is 3.15. The van der Waals surface area contributed by atoms with Crippen LogP contribution in [0.25, 0.3) is 0 Å². The van der Waals surface area contributed by atoms with Crippen LogP contribution in [0.15, 0.2) is 18.2 Å². The number of alkyl halides is 4. The molecule has 0 aliphatic heterocycles. The van der Waals surface area contributed by atoms with E-state index in [0.717, 1.165) is 6.07 Å². The molecule has 1 rings (SSSR count). The molecule has 0 unspecified atom stereocenters. The van der Waals surface area contributed by atoms with Gasteiger partial charge in [-0.25, -0.2) is 4.39 Å². The van der Waals surface area contributed by atoms with E-state index in [1.807, 2.05) is 0 Å². The molecule has 3 nitrogen and oxygen atoms in total. The highest BCUT2D eigenvalue weighted by atomic mass is 79.9. The van der Waals surface area contributed by atoms with Crippen LogP contribution in [0.1, 0.15) is 15.9 Å². The van der Waals surface area contributed by atoms with Gasteiger partial charge in [-0.2, -0.15) is 13.2 Å². The van der Waals surface area contributed by atoms with Crippen molar-refractivity contribution in [3.8, 4) is 0 Å². The molecule has 0 spiro atoms. The van der Waals surface area contributed by atoms with Crippen LogP contribution in [0, 0.1) is 5.82 Å². The van der Waals surface area contributed by atoms with E-state index in [2.05, 4.69) is 21.2 Å². The highest BCUT2D eigenvalue weighted by molar-refractivity contribution is 9.09. The van der Waals surface area contributed by atoms with Gasteiger partial charge in [-0.3, -0.25) is 4.79 Å². The van der Waals surface area contributed by atoms with Crippen LogP contribution in [0.3, 0.4) is 0 Å². The number of ether oxygens (including phenoxy) is 1. The normalized spacial score (nSPS) is 11.4. The minimum absolute atomic E-state index is 0.157. The molecule has 0 saturated heterocycles. The number of rotatable bonds is 6. The van der Waals surface area contributed by atoms with Gasteiger partial charge in [0.1, 0.15) is 5.82 Å². The molecule has 0 aliphatic carbocycles. The average molecular weight is 358 g/mol. The van der Waals surface area contributed by atoms with Gasteiger partial charge in [-0.1, -0.05) is 15.9 Å². The molecule has 0 saturated carbocycles. The number of hydrogen-bond donors (Lipinski definition) is 1. The monoisotopic (exact) mass is 357 g/mol. The Hall–Kier alpha value is -1.15. The van der Waals surface area contributed by atoms with Crippen LogP contribution in [0.2, 0.25) is 0 Å². The first kappa shape index (κ1) is 16.9. The standard InChI is InChI=1S/C12H12BrF4NO2/c13-3-5-20-6-4-18-11(19)8-1-2-10(14)9(7-8)12(15,16)17/h1-2,7H,3-6H2,(H,18,19). The van der Waals surface area contributed by atoms with E-state index >= 15 is 0 Å². The number of nitrogens with one attached hydrogen (secondary N) is 1. The van der Waals surface area contributed by atoms with Gasteiger partial charge in [0.2, 0.25) is 0 Å². The van der Waals surface area contributed by atoms with Crippen LogP contribution >= 0.6 is 15.9 Å². The molecule has 1 amide bonds. The van der Waals surface area contributed by atoms with E-state index in [4.69, 9.17) is 4.74 Å². The quantitative estimate of drug-likeness (QED) is 0.483. The summed E-state index contributed by atoms with van der Waals surface area (Å²) in [5.41, 5.74) is -1.71. The second-order valence-corrected chi connectivity index (χ2v) is 4.54. The topological polar surface area (TPSA) is 38.3 Å². The fourth-order valence-electron chi connectivity index (χ4n) is 1.38. The smallest absolute Gasteiger partial charge is 0.379 e. The third-order valence-electron chi connectivity index (χ3n) is 2.29. The lowest BCUT2D eigenvalue weighted by Gasteiger charge is -2.10. The van der Waals surface area contributed by atoms with Gasteiger partial charge in [-0.15, -0.1) is 0 Å². The van der Waals surface area contributed by atoms with Crippen molar-refractivity contribution in [2.45, 2.75) is 6.18 Å². The Morgan fingerprint density at radius 3 is 2.60 bits per heavy atom. The molecule has 1 aromatic rings. The van der Waals surface area contributed by atoms with Crippen molar-refractivity contribution in [3.63, 3.8) is 0 Å². The number of carbonyl (C=O) groups is 1. The molecular weight excluding hydrogens is 346 g/mol. The average Bonchev–Trinajstić information content (AvgIpc) is 2.37. The molecule has 8 heteroatoms. The van der Waals surface area contributed by atoms with Gasteiger partial charge in [-0.05, 0) is 18.2 Å². The third-order valence-corrected chi connectivity index (χ3v) is 2.61. The summed E-state index contributed by atoms with van der Waals surface area (Å²) in [6, 6.07) is 2.11. The largest absolute Gasteiger partial charge is 0.419 e. The Labute approximate surface area is 121 Å². The Kier molecular flexibility index (Phi) is 6.41. The lowest BCUT2D eigenvalue weighted by molar-refractivity contribution is -0.140. The van der Waals surface area contributed by atoms with Crippen LogP contribution in [0.4, 0.5) is 17.6 Å². The summed E-state index contributed by atoms with van der Waals surface area (Å²) in [6.45, 7) is 0.861. The van der Waals surface area contributed by atoms with E-state index in [-0.39, 0.29) is 18.7 Å². The minimum Gasteiger partial charge on any atom is -0.379 e.